The first-order valence-electron chi connectivity index (χ1n) is 30.8. The SMILES string of the molecule is CC/C=C\C/C=C\C/C=C\C/C=C\C/C=C\CCCCCC(=O)OC(COC(=O)CCCCCCC/C=C\C/C=C\CCC)COP(=O)(O)OCC(CO)OC(=O)CCCCCCCCCCC/C=C\C/C=C\CCCCC. The molecule has 11 nitrogen and oxygen atoms in total. The first-order chi connectivity index (χ1) is 38.2. The number of ether oxygens (including phenoxy) is 3. The highest BCUT2D eigenvalue weighted by Crippen LogP contribution is 2.43. The Bertz CT molecular complexity index is 1720. The van der Waals surface area contributed by atoms with E-state index < -0.39 is 57.8 Å². The Balaban J connectivity index is 4.74. The highest BCUT2D eigenvalue weighted by molar-refractivity contribution is 7.47. The van der Waals surface area contributed by atoms with Gasteiger partial charge >= 0.3 is 25.7 Å². The standard InChI is InChI=1S/C66H111O11P/c1-4-7-10-13-16-19-22-25-27-29-31-33-35-38-41-44-47-50-53-56-65(69)76-62(58-67)60-74-78(71,72)75-61-63(59-73-64(68)55-52-49-46-43-40-37-24-21-18-15-12-9-6-3)77-66(70)57-54-51-48-45-42-39-36-34-32-30-28-26-23-20-17-14-11-8-5-2/h8,11-12,15-17,19-21,24-28,32,34,39,42,62-63,67H,4-7,9-10,13-14,18,22-23,29-31,33,35-38,40-41,43-61H2,1-3H3,(H,71,72)/b11-8-,15-12-,19-16-,20-17-,24-21-,27-25-,28-26-,34-32-,42-39-. The topological polar surface area (TPSA) is 155 Å². The van der Waals surface area contributed by atoms with E-state index in [1.54, 1.807) is 0 Å². The molecule has 3 unspecified atom stereocenters. The fourth-order valence-electron chi connectivity index (χ4n) is 7.98. The molecule has 0 amide bonds. The van der Waals surface area contributed by atoms with Crippen LogP contribution in [0.15, 0.2) is 109 Å². The van der Waals surface area contributed by atoms with Gasteiger partial charge in [0.05, 0.1) is 19.8 Å². The van der Waals surface area contributed by atoms with Crippen LogP contribution in [0.2, 0.25) is 0 Å². The molecule has 0 aliphatic rings. The van der Waals surface area contributed by atoms with Gasteiger partial charge in [-0.2, -0.15) is 0 Å². The number of hydrogen-bond donors (Lipinski definition) is 2. The molecule has 0 bridgehead atoms. The number of rotatable bonds is 56. The summed E-state index contributed by atoms with van der Waals surface area (Å²) in [5.41, 5.74) is 0. The maximum Gasteiger partial charge on any atom is 0.472 e. The largest absolute Gasteiger partial charge is 0.472 e. The number of phosphoric ester groups is 1. The molecule has 78 heavy (non-hydrogen) atoms. The number of carbonyl (C=O) groups is 3. The predicted molar refractivity (Wildman–Crippen MR) is 325 cm³/mol. The maximum absolute atomic E-state index is 12.9. The summed E-state index contributed by atoms with van der Waals surface area (Å²) in [6.07, 6.45) is 71.8. The van der Waals surface area contributed by atoms with Gasteiger partial charge in [-0.1, -0.05) is 220 Å². The first kappa shape index (κ1) is 74.1. The van der Waals surface area contributed by atoms with Crippen LogP contribution in [-0.2, 0) is 42.2 Å². The van der Waals surface area contributed by atoms with E-state index in [0.29, 0.717) is 19.3 Å². The summed E-state index contributed by atoms with van der Waals surface area (Å²) in [5.74, 6) is -1.53. The van der Waals surface area contributed by atoms with E-state index in [1.165, 1.54) is 57.8 Å². The number of aliphatic hydroxyl groups excluding tert-OH is 1. The second-order valence-corrected chi connectivity index (χ2v) is 21.6. The quantitative estimate of drug-likeness (QED) is 0.0197. The van der Waals surface area contributed by atoms with Gasteiger partial charge in [0.25, 0.3) is 0 Å². The zero-order valence-corrected chi connectivity index (χ0v) is 50.2. The Labute approximate surface area is 475 Å². The van der Waals surface area contributed by atoms with Crippen molar-refractivity contribution in [2.75, 3.05) is 26.4 Å². The molecule has 446 valence electrons. The molecule has 0 saturated heterocycles. The monoisotopic (exact) mass is 1110 g/mol. The minimum absolute atomic E-state index is 0.120. The van der Waals surface area contributed by atoms with E-state index >= 15 is 0 Å². The predicted octanol–water partition coefficient (Wildman–Crippen LogP) is 18.6. The van der Waals surface area contributed by atoms with E-state index in [9.17, 15) is 28.9 Å². The summed E-state index contributed by atoms with van der Waals surface area (Å²) in [7, 11) is -4.77. The molecule has 2 N–H and O–H groups in total. The summed E-state index contributed by atoms with van der Waals surface area (Å²) in [4.78, 5) is 48.6. The third kappa shape index (κ3) is 56.8. The third-order valence-corrected chi connectivity index (χ3v) is 13.6. The summed E-state index contributed by atoms with van der Waals surface area (Å²) >= 11 is 0. The number of aliphatic hydroxyl groups is 1. The Morgan fingerprint density at radius 2 is 0.692 bits per heavy atom. The summed E-state index contributed by atoms with van der Waals surface area (Å²) in [5, 5.41) is 9.85. The van der Waals surface area contributed by atoms with Crippen molar-refractivity contribution in [3.05, 3.63) is 109 Å². The molecule has 0 aliphatic heterocycles. The molecule has 0 rings (SSSR count). The highest BCUT2D eigenvalue weighted by atomic mass is 31.2. The van der Waals surface area contributed by atoms with Crippen LogP contribution in [0.25, 0.3) is 0 Å². The molecule has 12 heteroatoms. The molecule has 0 aromatic rings. The molecule has 0 saturated carbocycles. The fraction of sp³-hybridized carbons (Fsp3) is 0.682. The average molecular weight is 1110 g/mol. The molecule has 0 aromatic carbocycles. The number of esters is 3. The van der Waals surface area contributed by atoms with Crippen LogP contribution in [-0.4, -0.2) is 66.5 Å². The summed E-state index contributed by atoms with van der Waals surface area (Å²) < 4.78 is 39.6. The second-order valence-electron chi connectivity index (χ2n) is 20.1. The van der Waals surface area contributed by atoms with Crippen LogP contribution >= 0.6 is 7.82 Å². The highest BCUT2D eigenvalue weighted by Gasteiger charge is 2.28. The van der Waals surface area contributed by atoms with Gasteiger partial charge in [0, 0.05) is 19.3 Å². The van der Waals surface area contributed by atoms with Crippen molar-refractivity contribution in [3.8, 4) is 0 Å². The van der Waals surface area contributed by atoms with E-state index in [4.69, 9.17) is 23.3 Å². The minimum atomic E-state index is -4.77. The van der Waals surface area contributed by atoms with Crippen LogP contribution in [0, 0.1) is 0 Å². The van der Waals surface area contributed by atoms with Crippen molar-refractivity contribution in [2.24, 2.45) is 0 Å². The lowest BCUT2D eigenvalue weighted by molar-refractivity contribution is -0.161. The van der Waals surface area contributed by atoms with Crippen molar-refractivity contribution in [1.82, 2.24) is 0 Å². The number of phosphoric acid groups is 1. The summed E-state index contributed by atoms with van der Waals surface area (Å²) in [6.45, 7) is 4.39. The molecule has 3 atom stereocenters. The van der Waals surface area contributed by atoms with Gasteiger partial charge in [-0.3, -0.25) is 23.4 Å². The molecule has 0 fully saturated rings. The van der Waals surface area contributed by atoms with Crippen LogP contribution in [0.4, 0.5) is 0 Å². The summed E-state index contributed by atoms with van der Waals surface area (Å²) in [6, 6.07) is 0. The minimum Gasteiger partial charge on any atom is -0.462 e. The molecular weight excluding hydrogens is 1000 g/mol. The molecule has 0 spiro atoms. The smallest absolute Gasteiger partial charge is 0.462 e. The lowest BCUT2D eigenvalue weighted by Crippen LogP contribution is -2.30. The zero-order chi connectivity index (χ0) is 56.9. The van der Waals surface area contributed by atoms with Gasteiger partial charge in [-0.25, -0.2) is 4.57 Å². The Kier molecular flexibility index (Phi) is 56.3. The third-order valence-electron chi connectivity index (χ3n) is 12.6. The van der Waals surface area contributed by atoms with Crippen LogP contribution in [0.3, 0.4) is 0 Å². The van der Waals surface area contributed by atoms with Gasteiger partial charge in [0.1, 0.15) is 12.7 Å². The number of unbranched alkanes of at least 4 members (excludes halogenated alkanes) is 21. The Morgan fingerprint density at radius 3 is 1.09 bits per heavy atom. The lowest BCUT2D eigenvalue weighted by Gasteiger charge is -2.21. The maximum atomic E-state index is 12.9. The fourth-order valence-corrected chi connectivity index (χ4v) is 8.76. The average Bonchev–Trinajstić information content (AvgIpc) is 3.43. The van der Waals surface area contributed by atoms with Gasteiger partial charge in [0.15, 0.2) is 6.10 Å². The normalized spacial score (nSPS) is 14.1. The zero-order valence-electron chi connectivity index (χ0n) is 49.3. The van der Waals surface area contributed by atoms with E-state index in [1.807, 2.05) is 0 Å². The number of allylic oxidation sites excluding steroid dienone is 18. The van der Waals surface area contributed by atoms with Crippen molar-refractivity contribution >= 4 is 25.7 Å². The molecule has 0 aliphatic carbocycles. The van der Waals surface area contributed by atoms with Crippen molar-refractivity contribution in [2.45, 2.75) is 264 Å². The Hall–Kier alpha value is -3.86. The van der Waals surface area contributed by atoms with Gasteiger partial charge in [-0.15, -0.1) is 0 Å². The lowest BCUT2D eigenvalue weighted by atomic mass is 10.1. The number of carbonyl (C=O) groups excluding carboxylic acids is 3. The van der Waals surface area contributed by atoms with Gasteiger partial charge in [-0.05, 0) is 122 Å². The van der Waals surface area contributed by atoms with Gasteiger partial charge in [0.2, 0.25) is 0 Å². The molecular formula is C66H111O11P. The molecule has 0 aromatic heterocycles. The van der Waals surface area contributed by atoms with Crippen molar-refractivity contribution in [1.29, 1.82) is 0 Å². The van der Waals surface area contributed by atoms with Crippen LogP contribution < -0.4 is 0 Å². The van der Waals surface area contributed by atoms with Crippen LogP contribution in [0.5, 0.6) is 0 Å². The van der Waals surface area contributed by atoms with Crippen molar-refractivity contribution < 1.29 is 52.2 Å². The second kappa shape index (κ2) is 59.3. The first-order valence-corrected chi connectivity index (χ1v) is 32.3. The molecule has 0 heterocycles. The van der Waals surface area contributed by atoms with E-state index in [-0.39, 0.29) is 25.9 Å². The van der Waals surface area contributed by atoms with E-state index in [0.717, 1.165) is 135 Å². The van der Waals surface area contributed by atoms with Crippen LogP contribution in [0.1, 0.15) is 252 Å². The number of hydrogen-bond acceptors (Lipinski definition) is 10. The van der Waals surface area contributed by atoms with Gasteiger partial charge < -0.3 is 24.2 Å². The van der Waals surface area contributed by atoms with Crippen molar-refractivity contribution in [3.63, 3.8) is 0 Å². The Morgan fingerprint density at radius 1 is 0.372 bits per heavy atom. The van der Waals surface area contributed by atoms with E-state index in [2.05, 4.69) is 130 Å². The molecule has 0 radical (unpaired) electrons.